The van der Waals surface area contributed by atoms with Crippen LogP contribution in [0.2, 0.25) is 0 Å². The van der Waals surface area contributed by atoms with Crippen molar-refractivity contribution in [3.63, 3.8) is 0 Å². The van der Waals surface area contributed by atoms with Gasteiger partial charge in [0.1, 0.15) is 5.82 Å². The molecule has 0 saturated heterocycles. The van der Waals surface area contributed by atoms with Gasteiger partial charge < -0.3 is 15.6 Å². The number of para-hydroxylation sites is 1. The number of nitrogens with one attached hydrogen (secondary N) is 1. The second-order valence-electron chi connectivity index (χ2n) is 5.01. The van der Waals surface area contributed by atoms with E-state index in [9.17, 15) is 0 Å². The minimum absolute atomic E-state index is 0.723. The number of hydrogen-bond donors (Lipinski definition) is 2. The Morgan fingerprint density at radius 1 is 1.20 bits per heavy atom. The summed E-state index contributed by atoms with van der Waals surface area (Å²) in [5.41, 5.74) is 9.86. The Balaban J connectivity index is 1.85. The van der Waals surface area contributed by atoms with Crippen molar-refractivity contribution in [2.75, 3.05) is 11.1 Å². The van der Waals surface area contributed by atoms with Crippen LogP contribution >= 0.6 is 0 Å². The van der Waals surface area contributed by atoms with Gasteiger partial charge in [-0.25, -0.2) is 4.98 Å². The fraction of sp³-hybridized carbons (Fsp3) is 0.188. The van der Waals surface area contributed by atoms with Gasteiger partial charge in [0.05, 0.1) is 11.4 Å². The van der Waals surface area contributed by atoms with Crippen LogP contribution in [0, 0.1) is 6.92 Å². The molecule has 0 bridgehead atoms. The van der Waals surface area contributed by atoms with Gasteiger partial charge in [-0.05, 0) is 30.7 Å². The van der Waals surface area contributed by atoms with E-state index in [2.05, 4.69) is 52.4 Å². The smallest absolute Gasteiger partial charge is 0.126 e. The lowest BCUT2D eigenvalue weighted by atomic mass is 10.2. The molecule has 0 amide bonds. The minimum atomic E-state index is 0.723. The monoisotopic (exact) mass is 266 g/mol. The van der Waals surface area contributed by atoms with Gasteiger partial charge in [-0.3, -0.25) is 0 Å². The molecule has 0 atom stereocenters. The molecule has 0 spiro atoms. The summed E-state index contributed by atoms with van der Waals surface area (Å²) in [5.74, 6) is 0.852. The van der Waals surface area contributed by atoms with Gasteiger partial charge in [0.25, 0.3) is 0 Å². The molecule has 0 aliphatic carbocycles. The fourth-order valence-corrected chi connectivity index (χ4v) is 2.42. The Kier molecular flexibility index (Phi) is 3.06. The van der Waals surface area contributed by atoms with E-state index in [-0.39, 0.29) is 0 Å². The summed E-state index contributed by atoms with van der Waals surface area (Å²) in [4.78, 5) is 4.43. The number of nitrogens with zero attached hydrogens (tertiary/aromatic N) is 2. The molecule has 0 aliphatic heterocycles. The third kappa shape index (κ3) is 2.20. The Morgan fingerprint density at radius 3 is 2.80 bits per heavy atom. The average Bonchev–Trinajstić information content (AvgIpc) is 2.78. The van der Waals surface area contributed by atoms with Crippen molar-refractivity contribution in [2.24, 2.45) is 7.05 Å². The van der Waals surface area contributed by atoms with Crippen molar-refractivity contribution < 1.29 is 0 Å². The molecule has 102 valence electrons. The molecule has 2 heterocycles. The summed E-state index contributed by atoms with van der Waals surface area (Å²) in [7, 11) is 2.07. The highest BCUT2D eigenvalue weighted by molar-refractivity contribution is 5.84. The molecular weight excluding hydrogens is 248 g/mol. The number of aryl methyl sites for hydroxylation is 2. The molecule has 20 heavy (non-hydrogen) atoms. The van der Waals surface area contributed by atoms with E-state index in [0.717, 1.165) is 23.7 Å². The third-order valence-electron chi connectivity index (χ3n) is 3.57. The van der Waals surface area contributed by atoms with E-state index in [1.54, 1.807) is 0 Å². The molecule has 2 aromatic heterocycles. The third-order valence-corrected chi connectivity index (χ3v) is 3.57. The van der Waals surface area contributed by atoms with Crippen LogP contribution in [0.4, 0.5) is 11.5 Å². The molecule has 1 aromatic carbocycles. The normalized spacial score (nSPS) is 10.9. The van der Waals surface area contributed by atoms with E-state index in [1.807, 2.05) is 19.1 Å². The first kappa shape index (κ1) is 12.5. The number of rotatable bonds is 3. The predicted octanol–water partition coefficient (Wildman–Crippen LogP) is 3.08. The number of pyridine rings is 1. The maximum absolute atomic E-state index is 5.78. The second-order valence-corrected chi connectivity index (χ2v) is 5.01. The van der Waals surface area contributed by atoms with E-state index >= 15 is 0 Å². The van der Waals surface area contributed by atoms with E-state index in [1.165, 1.54) is 16.5 Å². The lowest BCUT2D eigenvalue weighted by Gasteiger charge is -2.07. The zero-order valence-electron chi connectivity index (χ0n) is 11.7. The van der Waals surface area contributed by atoms with Gasteiger partial charge in [-0.1, -0.05) is 18.2 Å². The van der Waals surface area contributed by atoms with Gasteiger partial charge >= 0.3 is 0 Å². The van der Waals surface area contributed by atoms with Crippen LogP contribution in [0.25, 0.3) is 10.9 Å². The van der Waals surface area contributed by atoms with Gasteiger partial charge in [0, 0.05) is 30.7 Å². The fourth-order valence-electron chi connectivity index (χ4n) is 2.42. The Bertz CT molecular complexity index is 758. The van der Waals surface area contributed by atoms with Crippen molar-refractivity contribution in [1.29, 1.82) is 0 Å². The summed E-state index contributed by atoms with van der Waals surface area (Å²) < 4.78 is 2.15. The van der Waals surface area contributed by atoms with Crippen LogP contribution in [0.3, 0.4) is 0 Å². The molecule has 0 fully saturated rings. The van der Waals surface area contributed by atoms with Crippen molar-refractivity contribution in [3.8, 4) is 0 Å². The Morgan fingerprint density at radius 2 is 2.00 bits per heavy atom. The lowest BCUT2D eigenvalue weighted by Crippen LogP contribution is -2.03. The van der Waals surface area contributed by atoms with Gasteiger partial charge in [0.15, 0.2) is 0 Å². The summed E-state index contributed by atoms with van der Waals surface area (Å²) in [6.07, 6.45) is 2.15. The molecule has 4 heteroatoms. The summed E-state index contributed by atoms with van der Waals surface area (Å²) in [6, 6.07) is 12.2. The summed E-state index contributed by atoms with van der Waals surface area (Å²) >= 11 is 0. The second kappa shape index (κ2) is 4.89. The predicted molar refractivity (Wildman–Crippen MR) is 83.6 cm³/mol. The van der Waals surface area contributed by atoms with E-state index < -0.39 is 0 Å². The first-order valence-electron chi connectivity index (χ1n) is 6.65. The quantitative estimate of drug-likeness (QED) is 0.766. The minimum Gasteiger partial charge on any atom is -0.397 e. The number of benzene rings is 1. The van der Waals surface area contributed by atoms with Gasteiger partial charge in [-0.15, -0.1) is 0 Å². The summed E-state index contributed by atoms with van der Waals surface area (Å²) in [6.45, 7) is 2.66. The maximum Gasteiger partial charge on any atom is 0.126 e. The molecule has 3 rings (SSSR count). The number of hydrogen-bond acceptors (Lipinski definition) is 3. The van der Waals surface area contributed by atoms with Crippen molar-refractivity contribution >= 4 is 22.4 Å². The number of nitrogen functional groups attached to an aromatic ring is 1. The zero-order chi connectivity index (χ0) is 14.1. The molecule has 4 nitrogen and oxygen atoms in total. The van der Waals surface area contributed by atoms with Crippen LogP contribution < -0.4 is 11.1 Å². The highest BCUT2D eigenvalue weighted by atomic mass is 15.0. The van der Waals surface area contributed by atoms with Crippen LogP contribution in [-0.2, 0) is 13.6 Å². The van der Waals surface area contributed by atoms with Crippen molar-refractivity contribution in [1.82, 2.24) is 9.55 Å². The highest BCUT2D eigenvalue weighted by Gasteiger charge is 2.06. The number of nitrogens with two attached hydrogens (primary N) is 1. The number of aromatic nitrogens is 2. The lowest BCUT2D eigenvalue weighted by molar-refractivity contribution is 0.954. The molecule has 0 aliphatic rings. The Labute approximate surface area is 118 Å². The SMILES string of the molecule is Cc1nc(NCc2cn(C)c3ccccc23)ccc1N. The highest BCUT2D eigenvalue weighted by Crippen LogP contribution is 2.21. The topological polar surface area (TPSA) is 55.9 Å². The van der Waals surface area contributed by atoms with Crippen LogP contribution in [0.5, 0.6) is 0 Å². The molecule has 3 aromatic rings. The molecule has 0 saturated carbocycles. The van der Waals surface area contributed by atoms with Crippen molar-refractivity contribution in [2.45, 2.75) is 13.5 Å². The van der Waals surface area contributed by atoms with Crippen LogP contribution in [0.15, 0.2) is 42.6 Å². The van der Waals surface area contributed by atoms with Crippen LogP contribution in [0.1, 0.15) is 11.3 Å². The zero-order valence-corrected chi connectivity index (χ0v) is 11.7. The van der Waals surface area contributed by atoms with Crippen LogP contribution in [-0.4, -0.2) is 9.55 Å². The van der Waals surface area contributed by atoms with E-state index in [4.69, 9.17) is 5.73 Å². The van der Waals surface area contributed by atoms with Crippen molar-refractivity contribution in [3.05, 3.63) is 53.9 Å². The summed E-state index contributed by atoms with van der Waals surface area (Å²) in [5, 5.41) is 4.63. The maximum atomic E-state index is 5.78. The molecular formula is C16H18N4. The number of fused-ring (bicyclic) bond motifs is 1. The standard InChI is InChI=1S/C16H18N4/c1-11-14(17)7-8-16(19-11)18-9-12-10-20(2)15-6-4-3-5-13(12)15/h3-8,10H,9,17H2,1-2H3,(H,18,19). The molecule has 3 N–H and O–H groups in total. The first-order valence-corrected chi connectivity index (χ1v) is 6.65. The molecule has 0 unspecified atom stereocenters. The largest absolute Gasteiger partial charge is 0.397 e. The first-order chi connectivity index (χ1) is 9.65. The van der Waals surface area contributed by atoms with Gasteiger partial charge in [0.2, 0.25) is 0 Å². The van der Waals surface area contributed by atoms with E-state index in [0.29, 0.717) is 0 Å². The van der Waals surface area contributed by atoms with Gasteiger partial charge in [-0.2, -0.15) is 0 Å². The molecule has 0 radical (unpaired) electrons. The number of anilines is 2. The average molecular weight is 266 g/mol. The Hall–Kier alpha value is -2.49.